The molecule has 3 nitrogen and oxygen atoms in total. The van der Waals surface area contributed by atoms with Gasteiger partial charge in [0.15, 0.2) is 0 Å². The number of rotatable bonds is 8. The maximum atomic E-state index is 12.2. The van der Waals surface area contributed by atoms with Gasteiger partial charge in [-0.15, -0.1) is 0 Å². The Kier molecular flexibility index (Phi) is 6.73. The molecule has 0 saturated carbocycles. The third-order valence-corrected chi connectivity index (χ3v) is 3.10. The number of alkyl halides is 2. The van der Waals surface area contributed by atoms with Gasteiger partial charge in [-0.3, -0.25) is 0 Å². The van der Waals surface area contributed by atoms with Crippen molar-refractivity contribution in [3.63, 3.8) is 0 Å². The van der Waals surface area contributed by atoms with Crippen LogP contribution < -0.4 is 10.1 Å². The van der Waals surface area contributed by atoms with Crippen LogP contribution in [-0.4, -0.2) is 27.4 Å². The summed E-state index contributed by atoms with van der Waals surface area (Å²) in [4.78, 5) is 0. The minimum absolute atomic E-state index is 0.0800. The predicted molar refractivity (Wildman–Crippen MR) is 70.5 cm³/mol. The highest BCUT2D eigenvalue weighted by Gasteiger charge is 2.18. The fourth-order valence-electron chi connectivity index (χ4n) is 2.13. The first-order valence-corrected chi connectivity index (χ1v) is 6.29. The number of hydrogen-bond donors (Lipinski definition) is 1. The summed E-state index contributed by atoms with van der Waals surface area (Å²) in [5.74, 6) is 0.512. The van der Waals surface area contributed by atoms with E-state index in [9.17, 15) is 8.78 Å². The molecule has 1 aromatic carbocycles. The van der Waals surface area contributed by atoms with Crippen LogP contribution in [0.4, 0.5) is 8.78 Å². The van der Waals surface area contributed by atoms with Gasteiger partial charge in [0, 0.05) is 19.8 Å². The fourth-order valence-corrected chi connectivity index (χ4v) is 2.13. The average Bonchev–Trinajstić information content (AvgIpc) is 2.37. The van der Waals surface area contributed by atoms with Gasteiger partial charge >= 0.3 is 6.61 Å². The Hall–Kier alpha value is -1.20. The molecule has 0 spiro atoms. The Morgan fingerprint density at radius 1 is 1.32 bits per heavy atom. The van der Waals surface area contributed by atoms with E-state index in [1.54, 1.807) is 19.2 Å². The Labute approximate surface area is 112 Å². The Bertz CT molecular complexity index is 374. The standard InChI is InChI=1S/C14H21F2NO2/c1-10(7-8-18-3)13(17-2)11-5-4-6-12(9-11)19-14(15)16/h4-6,9-10,13-14,17H,7-8H2,1-3H3. The van der Waals surface area contributed by atoms with Crippen molar-refractivity contribution >= 4 is 0 Å². The molecule has 2 atom stereocenters. The van der Waals surface area contributed by atoms with Gasteiger partial charge in [-0.05, 0) is 37.1 Å². The Morgan fingerprint density at radius 3 is 2.63 bits per heavy atom. The van der Waals surface area contributed by atoms with Gasteiger partial charge in [0.05, 0.1) is 0 Å². The van der Waals surface area contributed by atoms with Crippen molar-refractivity contribution in [3.05, 3.63) is 29.8 Å². The van der Waals surface area contributed by atoms with Gasteiger partial charge in [0.25, 0.3) is 0 Å². The zero-order chi connectivity index (χ0) is 14.3. The third-order valence-electron chi connectivity index (χ3n) is 3.10. The van der Waals surface area contributed by atoms with E-state index in [4.69, 9.17) is 4.74 Å². The summed E-state index contributed by atoms with van der Waals surface area (Å²) in [5, 5.41) is 3.21. The van der Waals surface area contributed by atoms with E-state index in [0.717, 1.165) is 12.0 Å². The van der Waals surface area contributed by atoms with Crippen LogP contribution in [0.5, 0.6) is 5.75 Å². The van der Waals surface area contributed by atoms with Gasteiger partial charge in [0.1, 0.15) is 5.75 Å². The molecule has 0 fully saturated rings. The molecule has 5 heteroatoms. The van der Waals surface area contributed by atoms with Crippen LogP contribution in [-0.2, 0) is 4.74 Å². The van der Waals surface area contributed by atoms with Crippen LogP contribution in [0.2, 0.25) is 0 Å². The van der Waals surface area contributed by atoms with Crippen molar-refractivity contribution in [1.82, 2.24) is 5.32 Å². The molecule has 0 saturated heterocycles. The molecule has 2 unspecified atom stereocenters. The summed E-state index contributed by atoms with van der Waals surface area (Å²) < 4.78 is 33.9. The molecule has 1 aromatic rings. The molecule has 1 N–H and O–H groups in total. The SMILES string of the molecule is CNC(c1cccc(OC(F)F)c1)C(C)CCOC. The van der Waals surface area contributed by atoms with E-state index >= 15 is 0 Å². The highest BCUT2D eigenvalue weighted by atomic mass is 19.3. The maximum Gasteiger partial charge on any atom is 0.387 e. The van der Waals surface area contributed by atoms with E-state index in [-0.39, 0.29) is 11.8 Å². The first kappa shape index (κ1) is 15.9. The lowest BCUT2D eigenvalue weighted by molar-refractivity contribution is -0.0499. The lowest BCUT2D eigenvalue weighted by atomic mass is 9.92. The van der Waals surface area contributed by atoms with Crippen LogP contribution in [0, 0.1) is 5.92 Å². The number of benzene rings is 1. The molecule has 0 aromatic heterocycles. The molecule has 1 rings (SSSR count). The van der Waals surface area contributed by atoms with Gasteiger partial charge < -0.3 is 14.8 Å². The smallest absolute Gasteiger partial charge is 0.387 e. The lowest BCUT2D eigenvalue weighted by Gasteiger charge is -2.24. The van der Waals surface area contributed by atoms with Crippen LogP contribution in [0.3, 0.4) is 0 Å². The molecule has 0 aliphatic heterocycles. The van der Waals surface area contributed by atoms with Crippen molar-refractivity contribution in [2.45, 2.75) is 26.0 Å². The van der Waals surface area contributed by atoms with Crippen LogP contribution in [0.1, 0.15) is 24.9 Å². The fraction of sp³-hybridized carbons (Fsp3) is 0.571. The van der Waals surface area contributed by atoms with Crippen LogP contribution in [0.15, 0.2) is 24.3 Å². The second kappa shape index (κ2) is 8.07. The van der Waals surface area contributed by atoms with E-state index in [0.29, 0.717) is 12.5 Å². The van der Waals surface area contributed by atoms with Gasteiger partial charge in [-0.25, -0.2) is 0 Å². The van der Waals surface area contributed by atoms with Crippen LogP contribution >= 0.6 is 0 Å². The first-order chi connectivity index (χ1) is 9.08. The summed E-state index contributed by atoms with van der Waals surface area (Å²) in [6.45, 7) is -0.0258. The Balaban J connectivity index is 2.79. The number of hydrogen-bond acceptors (Lipinski definition) is 3. The summed E-state index contributed by atoms with van der Waals surface area (Å²) in [5.41, 5.74) is 0.934. The lowest BCUT2D eigenvalue weighted by Crippen LogP contribution is -2.24. The zero-order valence-electron chi connectivity index (χ0n) is 11.5. The zero-order valence-corrected chi connectivity index (χ0v) is 11.5. The highest BCUT2D eigenvalue weighted by molar-refractivity contribution is 5.31. The minimum Gasteiger partial charge on any atom is -0.435 e. The van der Waals surface area contributed by atoms with Crippen molar-refractivity contribution in [1.29, 1.82) is 0 Å². The normalized spacial score (nSPS) is 14.4. The second-order valence-electron chi connectivity index (χ2n) is 4.48. The molecule has 0 radical (unpaired) electrons. The molecule has 0 aliphatic rings. The van der Waals surface area contributed by atoms with Gasteiger partial charge in [-0.2, -0.15) is 8.78 Å². The van der Waals surface area contributed by atoms with E-state index in [1.807, 2.05) is 13.1 Å². The molecule has 0 aliphatic carbocycles. The topological polar surface area (TPSA) is 30.5 Å². The maximum absolute atomic E-state index is 12.2. The number of methoxy groups -OCH3 is 1. The molecule has 0 amide bonds. The van der Waals surface area contributed by atoms with Crippen molar-refractivity contribution in [2.24, 2.45) is 5.92 Å². The molecule has 0 heterocycles. The summed E-state index contributed by atoms with van der Waals surface area (Å²) in [6.07, 6.45) is 0.891. The monoisotopic (exact) mass is 273 g/mol. The molecular formula is C14H21F2NO2. The van der Waals surface area contributed by atoms with E-state index < -0.39 is 6.61 Å². The second-order valence-corrected chi connectivity index (χ2v) is 4.48. The number of halogens is 2. The molecule has 108 valence electrons. The average molecular weight is 273 g/mol. The summed E-state index contributed by atoms with van der Waals surface area (Å²) in [6, 6.07) is 6.89. The molecule has 0 bridgehead atoms. The minimum atomic E-state index is -2.80. The molecular weight excluding hydrogens is 252 g/mol. The Morgan fingerprint density at radius 2 is 2.05 bits per heavy atom. The third kappa shape index (κ3) is 5.12. The van der Waals surface area contributed by atoms with Crippen molar-refractivity contribution < 1.29 is 18.3 Å². The van der Waals surface area contributed by atoms with Gasteiger partial charge in [-0.1, -0.05) is 19.1 Å². The van der Waals surface area contributed by atoms with E-state index in [2.05, 4.69) is 17.0 Å². The van der Waals surface area contributed by atoms with Crippen molar-refractivity contribution in [2.75, 3.05) is 20.8 Å². The molecule has 19 heavy (non-hydrogen) atoms. The van der Waals surface area contributed by atoms with Gasteiger partial charge in [0.2, 0.25) is 0 Å². The summed E-state index contributed by atoms with van der Waals surface area (Å²) in [7, 11) is 3.52. The highest BCUT2D eigenvalue weighted by Crippen LogP contribution is 2.27. The first-order valence-electron chi connectivity index (χ1n) is 6.29. The van der Waals surface area contributed by atoms with Crippen molar-refractivity contribution in [3.8, 4) is 5.75 Å². The number of ether oxygens (including phenoxy) is 2. The van der Waals surface area contributed by atoms with Crippen LogP contribution in [0.25, 0.3) is 0 Å². The largest absolute Gasteiger partial charge is 0.435 e. The predicted octanol–water partition coefficient (Wildman–Crippen LogP) is 3.22. The van der Waals surface area contributed by atoms with E-state index in [1.165, 1.54) is 6.07 Å². The number of nitrogens with one attached hydrogen (secondary N) is 1. The summed E-state index contributed by atoms with van der Waals surface area (Å²) >= 11 is 0. The quantitative estimate of drug-likeness (QED) is 0.789.